The summed E-state index contributed by atoms with van der Waals surface area (Å²) >= 11 is -0.836. The van der Waals surface area contributed by atoms with Crippen molar-refractivity contribution in [3.05, 3.63) is 0 Å². The quantitative estimate of drug-likeness (QED) is 0.471. The van der Waals surface area contributed by atoms with Gasteiger partial charge in [-0.3, -0.25) is 0 Å². The Morgan fingerprint density at radius 1 is 1.09 bits per heavy atom. The van der Waals surface area contributed by atoms with E-state index in [4.69, 9.17) is 6.15 Å². The van der Waals surface area contributed by atoms with Gasteiger partial charge in [0.05, 0.1) is 0 Å². The third-order valence-corrected chi connectivity index (χ3v) is 3.11. The molecule has 11 heavy (non-hydrogen) atoms. The van der Waals surface area contributed by atoms with Crippen LogP contribution < -0.4 is 0 Å². The molecule has 0 saturated carbocycles. The molecule has 0 unspecified atom stereocenters. The first-order valence-corrected chi connectivity index (χ1v) is 5.40. The minimum atomic E-state index is -0.836. The summed E-state index contributed by atoms with van der Waals surface area (Å²) < 4.78 is 10.5. The van der Waals surface area contributed by atoms with E-state index in [-0.39, 0.29) is 11.0 Å². The molecular formula is C5H15NO4Sn. The normalized spacial score (nSPS) is 20.5. The van der Waals surface area contributed by atoms with Crippen LogP contribution in [0.4, 0.5) is 0 Å². The van der Waals surface area contributed by atoms with Gasteiger partial charge in [0.15, 0.2) is 0 Å². The molecule has 68 valence electrons. The predicted octanol–water partition coefficient (Wildman–Crippen LogP) is -2.15. The summed E-state index contributed by atoms with van der Waals surface area (Å²) in [5.41, 5.74) is 0. The molecule has 0 spiro atoms. The fourth-order valence-corrected chi connectivity index (χ4v) is 1.87. The van der Waals surface area contributed by atoms with Crippen LogP contribution in [0, 0.1) is 0 Å². The average Bonchev–Trinajstić information content (AvgIpc) is 1.79. The van der Waals surface area contributed by atoms with Crippen LogP contribution in [0.3, 0.4) is 0 Å². The maximum atomic E-state index is 5.25. The van der Waals surface area contributed by atoms with Crippen LogP contribution in [0.5, 0.6) is 0 Å². The van der Waals surface area contributed by atoms with Crippen molar-refractivity contribution in [3.63, 3.8) is 0 Å². The van der Waals surface area contributed by atoms with E-state index < -0.39 is 22.0 Å². The van der Waals surface area contributed by atoms with Crippen LogP contribution in [0.25, 0.3) is 0 Å². The summed E-state index contributed by atoms with van der Waals surface area (Å²) in [6, 6.07) is 0. The van der Waals surface area contributed by atoms with E-state index in [1.54, 1.807) is 0 Å². The standard InChI is InChI=1S/C5H11NO2.2H2O.Sn/c1-6(2-4-7)3-5-8;;;/h2-5H2,1H3;2*1H2;/q-2;;;+2. The fraction of sp³-hybridized carbons (Fsp3) is 1.00. The van der Waals surface area contributed by atoms with Gasteiger partial charge in [0.1, 0.15) is 0 Å². The van der Waals surface area contributed by atoms with Gasteiger partial charge in [0.25, 0.3) is 0 Å². The van der Waals surface area contributed by atoms with Gasteiger partial charge < -0.3 is 11.0 Å². The molecule has 0 atom stereocenters. The molecule has 0 aromatic rings. The van der Waals surface area contributed by atoms with Crippen molar-refractivity contribution in [2.45, 2.75) is 0 Å². The summed E-state index contributed by atoms with van der Waals surface area (Å²) in [5, 5.41) is 0. The Morgan fingerprint density at radius 2 is 1.55 bits per heavy atom. The van der Waals surface area contributed by atoms with Crippen molar-refractivity contribution >= 4 is 22.0 Å². The van der Waals surface area contributed by atoms with E-state index in [0.717, 1.165) is 26.3 Å². The Hall–Kier alpha value is 0.599. The van der Waals surface area contributed by atoms with Crippen molar-refractivity contribution in [2.24, 2.45) is 0 Å². The summed E-state index contributed by atoms with van der Waals surface area (Å²) in [5.74, 6) is 0. The van der Waals surface area contributed by atoms with Gasteiger partial charge in [-0.15, -0.1) is 0 Å². The largest absolute Gasteiger partial charge is 0.412 e. The Balaban J connectivity index is 0. The molecule has 1 rings (SSSR count). The first-order chi connectivity index (χ1) is 4.39. The molecule has 2 radical (unpaired) electrons. The molecule has 4 N–H and O–H groups in total. The SMILES string of the molecule is CN1CC[O][Sn][O]CC1.O.O. The van der Waals surface area contributed by atoms with Crippen molar-refractivity contribution in [1.29, 1.82) is 0 Å². The zero-order chi connectivity index (χ0) is 6.53. The van der Waals surface area contributed by atoms with E-state index in [1.807, 2.05) is 0 Å². The topological polar surface area (TPSA) is 84.7 Å². The molecule has 0 aromatic carbocycles. The van der Waals surface area contributed by atoms with E-state index >= 15 is 0 Å². The molecule has 1 fully saturated rings. The molecule has 1 saturated heterocycles. The van der Waals surface area contributed by atoms with Crippen LogP contribution in [-0.2, 0) is 6.15 Å². The van der Waals surface area contributed by atoms with Gasteiger partial charge in [-0.25, -0.2) is 0 Å². The Kier molecular flexibility index (Phi) is 11.2. The molecule has 0 aliphatic carbocycles. The number of nitrogens with zero attached hydrogens (tertiary/aromatic N) is 1. The van der Waals surface area contributed by atoms with Gasteiger partial charge in [-0.2, -0.15) is 0 Å². The second-order valence-electron chi connectivity index (χ2n) is 2.08. The maximum Gasteiger partial charge on any atom is -0.412 e. The molecule has 1 aliphatic rings. The summed E-state index contributed by atoms with van der Waals surface area (Å²) in [6.07, 6.45) is 0. The van der Waals surface area contributed by atoms with Crippen LogP contribution in [0.1, 0.15) is 0 Å². The summed E-state index contributed by atoms with van der Waals surface area (Å²) in [7, 11) is 2.09. The van der Waals surface area contributed by atoms with Gasteiger partial charge in [-0.1, -0.05) is 0 Å². The van der Waals surface area contributed by atoms with Crippen LogP contribution >= 0.6 is 0 Å². The zero-order valence-corrected chi connectivity index (χ0v) is 9.45. The Bertz CT molecular complexity index is 76.9. The Morgan fingerprint density at radius 3 is 2.00 bits per heavy atom. The average molecular weight is 272 g/mol. The number of hydrogen-bond donors (Lipinski definition) is 0. The van der Waals surface area contributed by atoms with Crippen molar-refractivity contribution in [1.82, 2.24) is 4.90 Å². The van der Waals surface area contributed by atoms with E-state index in [2.05, 4.69) is 11.9 Å². The monoisotopic (exact) mass is 273 g/mol. The molecule has 5 nitrogen and oxygen atoms in total. The molecule has 6 heteroatoms. The van der Waals surface area contributed by atoms with Crippen LogP contribution in [-0.4, -0.2) is 71.2 Å². The molecular weight excluding hydrogens is 257 g/mol. The summed E-state index contributed by atoms with van der Waals surface area (Å²) in [6.45, 7) is 3.85. The van der Waals surface area contributed by atoms with Crippen LogP contribution in [0.2, 0.25) is 0 Å². The first kappa shape index (κ1) is 14.1. The molecule has 0 bridgehead atoms. The van der Waals surface area contributed by atoms with Crippen molar-refractivity contribution in [3.8, 4) is 0 Å². The fourth-order valence-electron chi connectivity index (χ4n) is 0.640. The molecule has 0 amide bonds. The van der Waals surface area contributed by atoms with Gasteiger partial charge in [-0.05, 0) is 0 Å². The predicted molar refractivity (Wildman–Crippen MR) is 42.4 cm³/mol. The third-order valence-electron chi connectivity index (χ3n) is 1.27. The molecule has 1 heterocycles. The maximum absolute atomic E-state index is 5.25. The van der Waals surface area contributed by atoms with Crippen molar-refractivity contribution < 1.29 is 17.1 Å². The smallest absolute Gasteiger partial charge is 0.412 e. The number of likely N-dealkylation sites (N-methyl/N-ethyl adjacent to an activating group) is 1. The zero-order valence-electron chi connectivity index (χ0n) is 6.59. The second-order valence-corrected chi connectivity index (χ2v) is 4.21. The molecule has 1 aliphatic heterocycles. The Labute approximate surface area is 77.6 Å². The first-order valence-electron chi connectivity index (χ1n) is 3.07. The summed E-state index contributed by atoms with van der Waals surface area (Å²) in [4.78, 5) is 2.22. The minimum absolute atomic E-state index is 0. The minimum Gasteiger partial charge on any atom is -0.412 e. The molecule has 0 aromatic heterocycles. The number of hydrogen-bond acceptors (Lipinski definition) is 3. The van der Waals surface area contributed by atoms with Gasteiger partial charge in [0, 0.05) is 0 Å². The second kappa shape index (κ2) is 8.69. The van der Waals surface area contributed by atoms with Gasteiger partial charge in [0.2, 0.25) is 0 Å². The van der Waals surface area contributed by atoms with E-state index in [9.17, 15) is 0 Å². The van der Waals surface area contributed by atoms with Crippen molar-refractivity contribution in [2.75, 3.05) is 33.4 Å². The third kappa shape index (κ3) is 6.98. The van der Waals surface area contributed by atoms with Crippen LogP contribution in [0.15, 0.2) is 0 Å². The van der Waals surface area contributed by atoms with E-state index in [1.165, 1.54) is 0 Å². The van der Waals surface area contributed by atoms with Gasteiger partial charge >= 0.3 is 66.4 Å². The van der Waals surface area contributed by atoms with E-state index in [0.29, 0.717) is 0 Å². The number of rotatable bonds is 0.